The van der Waals surface area contributed by atoms with Crippen molar-refractivity contribution in [1.29, 1.82) is 0 Å². The summed E-state index contributed by atoms with van der Waals surface area (Å²) >= 11 is 0. The molecule has 0 aliphatic carbocycles. The van der Waals surface area contributed by atoms with Crippen LogP contribution in [0.15, 0.2) is 17.3 Å². The summed E-state index contributed by atoms with van der Waals surface area (Å²) in [6.45, 7) is 3.01. The number of rotatable bonds is 3. The highest BCUT2D eigenvalue weighted by Gasteiger charge is 2.32. The van der Waals surface area contributed by atoms with Gasteiger partial charge in [-0.15, -0.1) is 0 Å². The van der Waals surface area contributed by atoms with Gasteiger partial charge in [-0.3, -0.25) is 4.68 Å². The van der Waals surface area contributed by atoms with Crippen molar-refractivity contribution in [3.63, 3.8) is 0 Å². The number of hydrogen-bond acceptors (Lipinski definition) is 4. The topological polar surface area (TPSA) is 81.2 Å². The third kappa shape index (κ3) is 2.57. The summed E-state index contributed by atoms with van der Waals surface area (Å²) in [5.74, 6) is 0.241. The number of aromatic nitrogens is 2. The molecule has 0 bridgehead atoms. The van der Waals surface area contributed by atoms with E-state index in [2.05, 4.69) is 5.10 Å². The fourth-order valence-electron chi connectivity index (χ4n) is 2.30. The lowest BCUT2D eigenvalue weighted by Gasteiger charge is -2.33. The number of piperidine rings is 1. The number of hydrogen-bond donors (Lipinski definition) is 1. The molecule has 2 rings (SSSR count). The van der Waals surface area contributed by atoms with E-state index in [4.69, 9.17) is 5.73 Å². The van der Waals surface area contributed by atoms with Gasteiger partial charge in [-0.25, -0.2) is 8.42 Å². The molecule has 2 atom stereocenters. The molecule has 0 unspecified atom stereocenters. The Balaban J connectivity index is 2.20. The van der Waals surface area contributed by atoms with Gasteiger partial charge in [0.15, 0.2) is 0 Å². The van der Waals surface area contributed by atoms with Crippen molar-refractivity contribution in [2.24, 2.45) is 18.7 Å². The average Bonchev–Trinajstić information content (AvgIpc) is 2.77. The van der Waals surface area contributed by atoms with E-state index in [1.807, 2.05) is 6.92 Å². The first-order chi connectivity index (χ1) is 8.41. The first-order valence-electron chi connectivity index (χ1n) is 6.15. The molecule has 2 heterocycles. The van der Waals surface area contributed by atoms with Gasteiger partial charge in [0, 0.05) is 32.4 Å². The maximum Gasteiger partial charge on any atom is 0.246 e. The maximum absolute atomic E-state index is 12.4. The summed E-state index contributed by atoms with van der Waals surface area (Å²) in [6, 6.07) is 0.0249. The quantitative estimate of drug-likeness (QED) is 0.850. The Kier molecular flexibility index (Phi) is 3.74. The average molecular weight is 272 g/mol. The Morgan fingerprint density at radius 3 is 2.83 bits per heavy atom. The fraction of sp³-hybridized carbons (Fsp3) is 0.727. The molecule has 6 nitrogen and oxygen atoms in total. The van der Waals surface area contributed by atoms with Gasteiger partial charge in [-0.1, -0.05) is 0 Å². The zero-order valence-corrected chi connectivity index (χ0v) is 11.6. The highest BCUT2D eigenvalue weighted by Crippen LogP contribution is 2.24. The summed E-state index contributed by atoms with van der Waals surface area (Å²) in [5, 5.41) is 3.92. The number of sulfonamides is 1. The van der Waals surface area contributed by atoms with Gasteiger partial charge in [0.1, 0.15) is 4.90 Å². The summed E-state index contributed by atoms with van der Waals surface area (Å²) < 4.78 is 27.8. The van der Waals surface area contributed by atoms with Crippen molar-refractivity contribution in [3.05, 3.63) is 12.4 Å². The monoisotopic (exact) mass is 272 g/mol. The minimum Gasteiger partial charge on any atom is -0.328 e. The van der Waals surface area contributed by atoms with Crippen LogP contribution in [0.4, 0.5) is 0 Å². The van der Waals surface area contributed by atoms with Crippen LogP contribution in [0.3, 0.4) is 0 Å². The molecule has 1 aromatic rings. The second-order valence-corrected chi connectivity index (χ2v) is 6.91. The van der Waals surface area contributed by atoms with Crippen molar-refractivity contribution >= 4 is 10.0 Å². The molecular formula is C11H20N4O2S. The van der Waals surface area contributed by atoms with Gasteiger partial charge < -0.3 is 5.73 Å². The normalized spacial score (nSPS) is 24.1. The van der Waals surface area contributed by atoms with Gasteiger partial charge in [0.25, 0.3) is 0 Å². The molecule has 7 heteroatoms. The van der Waals surface area contributed by atoms with Crippen LogP contribution in [0.25, 0.3) is 0 Å². The Morgan fingerprint density at radius 1 is 1.56 bits per heavy atom. The molecule has 0 spiro atoms. The Hall–Kier alpha value is -0.920. The van der Waals surface area contributed by atoms with E-state index >= 15 is 0 Å². The molecule has 1 aliphatic rings. The zero-order valence-electron chi connectivity index (χ0n) is 10.8. The van der Waals surface area contributed by atoms with Crippen molar-refractivity contribution in [1.82, 2.24) is 14.1 Å². The van der Waals surface area contributed by atoms with Gasteiger partial charge in [0.2, 0.25) is 10.0 Å². The summed E-state index contributed by atoms with van der Waals surface area (Å²) in [7, 11) is -1.70. The Labute approximate surface area is 108 Å². The van der Waals surface area contributed by atoms with Gasteiger partial charge in [-0.2, -0.15) is 9.40 Å². The second kappa shape index (κ2) is 4.99. The van der Waals surface area contributed by atoms with Crippen molar-refractivity contribution in [2.75, 3.05) is 13.1 Å². The van der Waals surface area contributed by atoms with Crippen molar-refractivity contribution in [3.8, 4) is 0 Å². The van der Waals surface area contributed by atoms with Crippen LogP contribution >= 0.6 is 0 Å². The largest absolute Gasteiger partial charge is 0.328 e. The van der Waals surface area contributed by atoms with E-state index in [1.165, 1.54) is 21.4 Å². The van der Waals surface area contributed by atoms with Crippen LogP contribution in [-0.2, 0) is 17.1 Å². The van der Waals surface area contributed by atoms with E-state index in [0.29, 0.717) is 13.1 Å². The second-order valence-electron chi connectivity index (χ2n) is 4.97. The molecule has 1 saturated heterocycles. The molecule has 0 aromatic carbocycles. The lowest BCUT2D eigenvalue weighted by atomic mass is 9.93. The van der Waals surface area contributed by atoms with Crippen LogP contribution in [0.2, 0.25) is 0 Å². The molecule has 18 heavy (non-hydrogen) atoms. The lowest BCUT2D eigenvalue weighted by molar-refractivity contribution is 0.243. The van der Waals surface area contributed by atoms with Gasteiger partial charge in [0.05, 0.1) is 6.20 Å². The first-order valence-corrected chi connectivity index (χ1v) is 7.59. The predicted molar refractivity (Wildman–Crippen MR) is 68.3 cm³/mol. The molecule has 102 valence electrons. The lowest BCUT2D eigenvalue weighted by Crippen LogP contribution is -2.44. The zero-order chi connectivity index (χ0) is 13.3. The van der Waals surface area contributed by atoms with Gasteiger partial charge in [-0.05, 0) is 25.7 Å². The molecule has 1 fully saturated rings. The van der Waals surface area contributed by atoms with Crippen molar-refractivity contribution in [2.45, 2.75) is 30.7 Å². The van der Waals surface area contributed by atoms with Crippen LogP contribution in [0.5, 0.6) is 0 Å². The van der Waals surface area contributed by atoms with E-state index in [9.17, 15) is 8.42 Å². The predicted octanol–water partition coefficient (Wildman–Crippen LogP) is 0.168. The molecule has 1 aromatic heterocycles. The Morgan fingerprint density at radius 2 is 2.28 bits per heavy atom. The van der Waals surface area contributed by atoms with Gasteiger partial charge >= 0.3 is 0 Å². The maximum atomic E-state index is 12.4. The highest BCUT2D eigenvalue weighted by atomic mass is 32.2. The summed E-state index contributed by atoms with van der Waals surface area (Å²) in [6.07, 6.45) is 4.79. The molecule has 0 amide bonds. The van der Waals surface area contributed by atoms with Crippen LogP contribution in [0, 0.1) is 5.92 Å². The number of nitrogens with zero attached hydrogens (tertiary/aromatic N) is 3. The fourth-order valence-corrected chi connectivity index (χ4v) is 3.82. The van der Waals surface area contributed by atoms with Crippen LogP contribution in [-0.4, -0.2) is 41.6 Å². The minimum absolute atomic E-state index is 0.0249. The van der Waals surface area contributed by atoms with E-state index in [0.717, 1.165) is 12.8 Å². The number of nitrogens with two attached hydrogens (primary N) is 1. The van der Waals surface area contributed by atoms with Crippen LogP contribution in [0.1, 0.15) is 19.8 Å². The summed E-state index contributed by atoms with van der Waals surface area (Å²) in [4.78, 5) is 0.260. The SMILES string of the molecule is C[C@H](N)[C@@H]1CCCN(S(=O)(=O)c2cnn(C)c2)C1. The standard InChI is InChI=1S/C11H20N4O2S/c1-9(12)10-4-3-5-15(7-10)18(16,17)11-6-13-14(2)8-11/h6,8-10H,3-5,7,12H2,1-2H3/t9-,10+/m0/s1. The Bertz CT molecular complexity index is 509. The highest BCUT2D eigenvalue weighted by molar-refractivity contribution is 7.89. The van der Waals surface area contributed by atoms with E-state index in [-0.39, 0.29) is 16.9 Å². The third-order valence-electron chi connectivity index (χ3n) is 3.48. The molecule has 1 aliphatic heterocycles. The van der Waals surface area contributed by atoms with Crippen molar-refractivity contribution < 1.29 is 8.42 Å². The molecule has 2 N–H and O–H groups in total. The van der Waals surface area contributed by atoms with E-state index < -0.39 is 10.0 Å². The number of aryl methyl sites for hydroxylation is 1. The first kappa shape index (κ1) is 13.5. The molecule has 0 saturated carbocycles. The minimum atomic E-state index is -3.41. The third-order valence-corrected chi connectivity index (χ3v) is 5.30. The van der Waals surface area contributed by atoms with E-state index in [1.54, 1.807) is 7.05 Å². The smallest absolute Gasteiger partial charge is 0.246 e. The summed E-state index contributed by atoms with van der Waals surface area (Å²) in [5.41, 5.74) is 5.88. The van der Waals surface area contributed by atoms with Crippen LogP contribution < -0.4 is 5.73 Å². The molecular weight excluding hydrogens is 252 g/mol. The molecule has 0 radical (unpaired) electrons.